The highest BCUT2D eigenvalue weighted by Gasteiger charge is 2.19. The lowest BCUT2D eigenvalue weighted by atomic mass is 10.2. The molecule has 0 aromatic carbocycles. The molecule has 1 aliphatic heterocycles. The van der Waals surface area contributed by atoms with Crippen LogP contribution in [0.15, 0.2) is 6.07 Å². The van der Waals surface area contributed by atoms with Gasteiger partial charge in [0.25, 0.3) is 5.78 Å². The molecule has 0 atom stereocenters. The Kier molecular flexibility index (Phi) is 3.72. The van der Waals surface area contributed by atoms with Gasteiger partial charge in [-0.05, 0) is 12.8 Å². The molecule has 1 aliphatic rings. The van der Waals surface area contributed by atoms with Crippen LogP contribution in [0.2, 0.25) is 0 Å². The highest BCUT2D eigenvalue weighted by molar-refractivity contribution is 5.86. The monoisotopic (exact) mass is 289 g/mol. The van der Waals surface area contributed by atoms with Crippen molar-refractivity contribution in [3.63, 3.8) is 0 Å². The number of carbonyl (C=O) groups is 1. The molecule has 0 bridgehead atoms. The molecule has 21 heavy (non-hydrogen) atoms. The van der Waals surface area contributed by atoms with Crippen molar-refractivity contribution < 1.29 is 9.90 Å². The van der Waals surface area contributed by atoms with E-state index in [4.69, 9.17) is 0 Å². The zero-order valence-corrected chi connectivity index (χ0v) is 12.1. The molecule has 1 fully saturated rings. The largest absolute Gasteiger partial charge is 0.477 e. The smallest absolute Gasteiger partial charge is 0.354 e. The van der Waals surface area contributed by atoms with Crippen LogP contribution >= 0.6 is 0 Å². The Balaban J connectivity index is 2.12. The van der Waals surface area contributed by atoms with E-state index < -0.39 is 5.97 Å². The van der Waals surface area contributed by atoms with Crippen molar-refractivity contribution in [2.45, 2.75) is 39.0 Å². The van der Waals surface area contributed by atoms with Crippen molar-refractivity contribution in [2.75, 3.05) is 18.0 Å². The minimum absolute atomic E-state index is 0.0248. The number of nitrogens with zero attached hydrogens (tertiary/aromatic N) is 5. The normalized spacial score (nSPS) is 16.1. The molecule has 0 aliphatic carbocycles. The van der Waals surface area contributed by atoms with Crippen molar-refractivity contribution in [3.05, 3.63) is 17.6 Å². The summed E-state index contributed by atoms with van der Waals surface area (Å²) < 4.78 is 1.68. The van der Waals surface area contributed by atoms with E-state index in [-0.39, 0.29) is 5.69 Å². The number of aromatic carboxylic acids is 1. The van der Waals surface area contributed by atoms with Gasteiger partial charge in [0.15, 0.2) is 11.5 Å². The number of hydrogen-bond acceptors (Lipinski definition) is 5. The summed E-state index contributed by atoms with van der Waals surface area (Å²) in [6.45, 7) is 3.80. The summed E-state index contributed by atoms with van der Waals surface area (Å²) in [5.74, 6) is 0.799. The molecule has 1 N–H and O–H groups in total. The van der Waals surface area contributed by atoms with E-state index in [9.17, 15) is 9.90 Å². The minimum Gasteiger partial charge on any atom is -0.477 e. The van der Waals surface area contributed by atoms with Gasteiger partial charge in [0.1, 0.15) is 5.82 Å². The first kappa shape index (κ1) is 13.8. The van der Waals surface area contributed by atoms with Crippen LogP contribution in [0.1, 0.15) is 48.9 Å². The summed E-state index contributed by atoms with van der Waals surface area (Å²) in [4.78, 5) is 21.9. The van der Waals surface area contributed by atoms with Crippen molar-refractivity contribution in [3.8, 4) is 0 Å². The molecule has 7 heteroatoms. The fourth-order valence-electron chi connectivity index (χ4n) is 2.68. The zero-order chi connectivity index (χ0) is 14.8. The Bertz CT molecular complexity index is 659. The number of aryl methyl sites for hydroxylation is 1. The van der Waals surface area contributed by atoms with Crippen LogP contribution in [0, 0.1) is 0 Å². The van der Waals surface area contributed by atoms with Gasteiger partial charge in [-0.2, -0.15) is 9.50 Å². The van der Waals surface area contributed by atoms with Crippen LogP contribution in [0.25, 0.3) is 5.78 Å². The van der Waals surface area contributed by atoms with Crippen LogP contribution in [-0.2, 0) is 6.42 Å². The summed E-state index contributed by atoms with van der Waals surface area (Å²) >= 11 is 0. The van der Waals surface area contributed by atoms with Crippen LogP contribution < -0.4 is 4.90 Å². The Morgan fingerprint density at radius 1 is 1.24 bits per heavy atom. The second kappa shape index (κ2) is 5.67. The number of hydrogen-bond donors (Lipinski definition) is 1. The summed E-state index contributed by atoms with van der Waals surface area (Å²) in [6, 6.07) is 1.61. The molecule has 2 aromatic heterocycles. The first-order valence-electron chi connectivity index (χ1n) is 7.44. The predicted molar refractivity (Wildman–Crippen MR) is 77.8 cm³/mol. The average Bonchev–Trinajstić information content (AvgIpc) is 2.71. The van der Waals surface area contributed by atoms with Gasteiger partial charge in [-0.3, -0.25) is 0 Å². The lowest BCUT2D eigenvalue weighted by molar-refractivity contribution is 0.0690. The quantitative estimate of drug-likeness (QED) is 0.927. The van der Waals surface area contributed by atoms with E-state index in [1.807, 2.05) is 6.92 Å². The first-order chi connectivity index (χ1) is 10.2. The average molecular weight is 289 g/mol. The van der Waals surface area contributed by atoms with Gasteiger partial charge in [0.05, 0.1) is 0 Å². The van der Waals surface area contributed by atoms with E-state index in [0.29, 0.717) is 18.0 Å². The fraction of sp³-hybridized carbons (Fsp3) is 0.571. The summed E-state index contributed by atoms with van der Waals surface area (Å²) in [5, 5.41) is 13.7. The Morgan fingerprint density at radius 3 is 2.57 bits per heavy atom. The SMILES string of the molecule is CCc1nc2nc(C(=O)O)cc(N3CCCCCC3)n2n1. The van der Waals surface area contributed by atoms with Crippen LogP contribution in [-0.4, -0.2) is 43.7 Å². The van der Waals surface area contributed by atoms with Crippen LogP contribution in [0.4, 0.5) is 5.82 Å². The molecule has 0 amide bonds. The van der Waals surface area contributed by atoms with Crippen LogP contribution in [0.3, 0.4) is 0 Å². The summed E-state index contributed by atoms with van der Waals surface area (Å²) in [7, 11) is 0. The number of rotatable bonds is 3. The third-order valence-electron chi connectivity index (χ3n) is 3.80. The van der Waals surface area contributed by atoms with Gasteiger partial charge >= 0.3 is 5.97 Å². The summed E-state index contributed by atoms with van der Waals surface area (Å²) in [6.07, 6.45) is 5.36. The molecule has 0 radical (unpaired) electrons. The molecule has 2 aromatic rings. The molecule has 3 rings (SSSR count). The first-order valence-corrected chi connectivity index (χ1v) is 7.44. The topological polar surface area (TPSA) is 83.6 Å². The molecule has 0 saturated carbocycles. The van der Waals surface area contributed by atoms with Gasteiger partial charge in [-0.25, -0.2) is 9.78 Å². The molecule has 1 saturated heterocycles. The summed E-state index contributed by atoms with van der Waals surface area (Å²) in [5.41, 5.74) is 0.0248. The number of carboxylic acid groups (broad SMARTS) is 1. The highest BCUT2D eigenvalue weighted by Crippen LogP contribution is 2.21. The van der Waals surface area contributed by atoms with Gasteiger partial charge in [0.2, 0.25) is 0 Å². The van der Waals surface area contributed by atoms with Gasteiger partial charge in [-0.1, -0.05) is 19.8 Å². The van der Waals surface area contributed by atoms with Crippen molar-refractivity contribution in [2.24, 2.45) is 0 Å². The molecule has 0 unspecified atom stereocenters. The van der Waals surface area contributed by atoms with E-state index in [0.717, 1.165) is 31.7 Å². The molecule has 112 valence electrons. The second-order valence-electron chi connectivity index (χ2n) is 5.30. The maximum atomic E-state index is 11.3. The lowest BCUT2D eigenvalue weighted by Gasteiger charge is -2.22. The standard InChI is InChI=1S/C14H19N5O2/c1-2-11-16-14-15-10(13(20)21)9-12(19(14)17-11)18-7-5-3-4-6-8-18/h9H,2-8H2,1H3,(H,20,21). The molecule has 7 nitrogen and oxygen atoms in total. The molecular formula is C14H19N5O2. The Hall–Kier alpha value is -2.18. The van der Waals surface area contributed by atoms with Crippen LogP contribution in [0.5, 0.6) is 0 Å². The number of carboxylic acids is 1. The van der Waals surface area contributed by atoms with Gasteiger partial charge in [0, 0.05) is 25.6 Å². The van der Waals surface area contributed by atoms with Gasteiger partial charge < -0.3 is 10.0 Å². The lowest BCUT2D eigenvalue weighted by Crippen LogP contribution is -2.27. The van der Waals surface area contributed by atoms with Gasteiger partial charge in [-0.15, -0.1) is 5.10 Å². The fourth-order valence-corrected chi connectivity index (χ4v) is 2.68. The minimum atomic E-state index is -1.03. The number of aromatic nitrogens is 4. The van der Waals surface area contributed by atoms with E-state index >= 15 is 0 Å². The Labute approximate surface area is 122 Å². The third kappa shape index (κ3) is 2.68. The number of anilines is 1. The van der Waals surface area contributed by atoms with E-state index in [2.05, 4.69) is 20.0 Å². The maximum Gasteiger partial charge on any atom is 0.354 e. The predicted octanol–water partition coefficient (Wildman–Crippen LogP) is 1.77. The Morgan fingerprint density at radius 2 is 1.95 bits per heavy atom. The molecule has 0 spiro atoms. The second-order valence-corrected chi connectivity index (χ2v) is 5.30. The molecular weight excluding hydrogens is 270 g/mol. The van der Waals surface area contributed by atoms with Crippen molar-refractivity contribution in [1.82, 2.24) is 19.6 Å². The maximum absolute atomic E-state index is 11.3. The van der Waals surface area contributed by atoms with Crippen molar-refractivity contribution >= 4 is 17.6 Å². The highest BCUT2D eigenvalue weighted by atomic mass is 16.4. The third-order valence-corrected chi connectivity index (χ3v) is 3.80. The van der Waals surface area contributed by atoms with E-state index in [1.165, 1.54) is 12.8 Å². The number of fused-ring (bicyclic) bond motifs is 1. The van der Waals surface area contributed by atoms with Crippen molar-refractivity contribution in [1.29, 1.82) is 0 Å². The molecule has 3 heterocycles. The zero-order valence-electron chi connectivity index (χ0n) is 12.1. The van der Waals surface area contributed by atoms with E-state index in [1.54, 1.807) is 10.6 Å².